The normalized spacial score (nSPS) is 11.2. The Morgan fingerprint density at radius 1 is 1.46 bits per heavy atom. The summed E-state index contributed by atoms with van der Waals surface area (Å²) in [5.41, 5.74) is 1.05. The van der Waals surface area contributed by atoms with Crippen molar-refractivity contribution in [3.8, 4) is 0 Å². The van der Waals surface area contributed by atoms with Crippen molar-refractivity contribution in [3.63, 3.8) is 0 Å². The molecule has 0 radical (unpaired) electrons. The lowest BCUT2D eigenvalue weighted by Gasteiger charge is -2.07. The molecule has 0 unspecified atom stereocenters. The highest BCUT2D eigenvalue weighted by Gasteiger charge is 2.13. The monoisotopic (exact) mass is 201 g/mol. The second-order valence-electron chi connectivity index (χ2n) is 3.50. The van der Waals surface area contributed by atoms with Crippen LogP contribution in [0.25, 0.3) is 0 Å². The number of aromatic nitrogens is 3. The van der Waals surface area contributed by atoms with Gasteiger partial charge in [0.25, 0.3) is 0 Å². The van der Waals surface area contributed by atoms with Gasteiger partial charge in [-0.15, -0.1) is 5.10 Å². The maximum atomic E-state index is 5.92. The zero-order valence-electron chi connectivity index (χ0n) is 8.42. The predicted octanol–water partition coefficient (Wildman–Crippen LogP) is 2.86. The first-order valence-electron chi connectivity index (χ1n) is 4.75. The van der Waals surface area contributed by atoms with E-state index in [2.05, 4.69) is 31.1 Å². The first-order chi connectivity index (χ1) is 6.16. The Morgan fingerprint density at radius 2 is 2.15 bits per heavy atom. The number of nitrogens with zero attached hydrogens (tertiary/aromatic N) is 3. The highest BCUT2D eigenvalue weighted by atomic mass is 35.5. The maximum Gasteiger partial charge on any atom is 0.174 e. The van der Waals surface area contributed by atoms with Gasteiger partial charge in [-0.2, -0.15) is 0 Å². The molecular weight excluding hydrogens is 186 g/mol. The van der Waals surface area contributed by atoms with Crippen LogP contribution in [0.5, 0.6) is 0 Å². The van der Waals surface area contributed by atoms with Gasteiger partial charge in [-0.25, -0.2) is 4.68 Å². The van der Waals surface area contributed by atoms with Crippen molar-refractivity contribution >= 4 is 11.6 Å². The van der Waals surface area contributed by atoms with Crippen molar-refractivity contribution in [2.24, 2.45) is 0 Å². The second kappa shape index (κ2) is 4.61. The largest absolute Gasteiger partial charge is 0.248 e. The van der Waals surface area contributed by atoms with Gasteiger partial charge in [0.2, 0.25) is 0 Å². The van der Waals surface area contributed by atoms with E-state index < -0.39 is 0 Å². The van der Waals surface area contributed by atoms with Crippen LogP contribution in [0, 0.1) is 0 Å². The molecule has 1 aromatic rings. The van der Waals surface area contributed by atoms with Crippen molar-refractivity contribution in [1.29, 1.82) is 0 Å². The van der Waals surface area contributed by atoms with E-state index in [1.54, 1.807) is 0 Å². The molecule has 0 atom stereocenters. The molecule has 13 heavy (non-hydrogen) atoms. The summed E-state index contributed by atoms with van der Waals surface area (Å²) in [5, 5.41) is 8.43. The van der Waals surface area contributed by atoms with Crippen LogP contribution < -0.4 is 0 Å². The second-order valence-corrected chi connectivity index (χ2v) is 3.85. The van der Waals surface area contributed by atoms with E-state index in [4.69, 9.17) is 11.6 Å². The van der Waals surface area contributed by atoms with Gasteiger partial charge in [0.05, 0.1) is 5.69 Å². The highest BCUT2D eigenvalue weighted by Crippen LogP contribution is 2.21. The van der Waals surface area contributed by atoms with Crippen molar-refractivity contribution in [2.45, 2.75) is 46.1 Å². The molecule has 0 bridgehead atoms. The lowest BCUT2D eigenvalue weighted by molar-refractivity contribution is 0.522. The third-order valence-electron chi connectivity index (χ3n) is 2.00. The standard InChI is InChI=1S/C9H16ClN3/c1-4-5-6-13-8(7(2)3)9(10)11-12-13/h7H,4-6H2,1-3H3. The molecule has 0 saturated heterocycles. The molecule has 0 aromatic carbocycles. The van der Waals surface area contributed by atoms with Crippen LogP contribution in [-0.4, -0.2) is 15.0 Å². The number of hydrogen-bond donors (Lipinski definition) is 0. The summed E-state index contributed by atoms with van der Waals surface area (Å²) in [6.45, 7) is 7.29. The molecule has 0 aliphatic heterocycles. The molecule has 1 heterocycles. The summed E-state index contributed by atoms with van der Waals surface area (Å²) in [5.74, 6) is 0.388. The van der Waals surface area contributed by atoms with Gasteiger partial charge in [-0.1, -0.05) is 44.0 Å². The molecule has 0 aliphatic carbocycles. The Morgan fingerprint density at radius 3 is 2.69 bits per heavy atom. The third-order valence-corrected chi connectivity index (χ3v) is 2.27. The fraction of sp³-hybridized carbons (Fsp3) is 0.778. The Hall–Kier alpha value is -0.570. The van der Waals surface area contributed by atoms with Gasteiger partial charge < -0.3 is 0 Å². The zero-order valence-corrected chi connectivity index (χ0v) is 9.17. The molecule has 74 valence electrons. The van der Waals surface area contributed by atoms with Crippen LogP contribution in [0.4, 0.5) is 0 Å². The van der Waals surface area contributed by atoms with Crippen LogP contribution in [0.3, 0.4) is 0 Å². The number of hydrogen-bond acceptors (Lipinski definition) is 2. The summed E-state index contributed by atoms with van der Waals surface area (Å²) >= 11 is 5.92. The van der Waals surface area contributed by atoms with Gasteiger partial charge in [0, 0.05) is 6.54 Å². The van der Waals surface area contributed by atoms with Crippen molar-refractivity contribution in [1.82, 2.24) is 15.0 Å². The fourth-order valence-corrected chi connectivity index (χ4v) is 1.66. The smallest absolute Gasteiger partial charge is 0.174 e. The number of aryl methyl sites for hydroxylation is 1. The summed E-state index contributed by atoms with van der Waals surface area (Å²) in [7, 11) is 0. The minimum Gasteiger partial charge on any atom is -0.248 e. The summed E-state index contributed by atoms with van der Waals surface area (Å²) in [6.07, 6.45) is 2.29. The average Bonchev–Trinajstić information content (AvgIpc) is 2.43. The van der Waals surface area contributed by atoms with E-state index in [1.165, 1.54) is 0 Å². The molecule has 3 nitrogen and oxygen atoms in total. The maximum absolute atomic E-state index is 5.92. The third kappa shape index (κ3) is 2.44. The van der Waals surface area contributed by atoms with Crippen LogP contribution >= 0.6 is 11.6 Å². The van der Waals surface area contributed by atoms with Crippen LogP contribution in [-0.2, 0) is 6.54 Å². The molecule has 0 N–H and O–H groups in total. The van der Waals surface area contributed by atoms with Gasteiger partial charge in [-0.05, 0) is 12.3 Å². The molecule has 4 heteroatoms. The molecule has 0 fully saturated rings. The minimum atomic E-state index is 0.388. The van der Waals surface area contributed by atoms with Gasteiger partial charge >= 0.3 is 0 Å². The summed E-state index contributed by atoms with van der Waals surface area (Å²) in [6, 6.07) is 0. The average molecular weight is 202 g/mol. The quantitative estimate of drug-likeness (QED) is 0.750. The highest BCUT2D eigenvalue weighted by molar-refractivity contribution is 6.30. The Balaban J connectivity index is 2.81. The van der Waals surface area contributed by atoms with Crippen molar-refractivity contribution in [3.05, 3.63) is 10.8 Å². The lowest BCUT2D eigenvalue weighted by Crippen LogP contribution is -2.06. The zero-order chi connectivity index (χ0) is 9.84. The van der Waals surface area contributed by atoms with Gasteiger partial charge in [0.1, 0.15) is 0 Å². The Labute approximate surface area is 84.1 Å². The van der Waals surface area contributed by atoms with Crippen LogP contribution in [0.2, 0.25) is 5.15 Å². The fourth-order valence-electron chi connectivity index (χ4n) is 1.31. The molecular formula is C9H16ClN3. The Kier molecular flexibility index (Phi) is 3.72. The van der Waals surface area contributed by atoms with E-state index in [9.17, 15) is 0 Å². The molecule has 1 aromatic heterocycles. The number of unbranched alkanes of at least 4 members (excludes halogenated alkanes) is 1. The van der Waals surface area contributed by atoms with Gasteiger partial charge in [0.15, 0.2) is 5.15 Å². The summed E-state index contributed by atoms with van der Waals surface area (Å²) in [4.78, 5) is 0. The molecule has 0 aliphatic rings. The lowest BCUT2D eigenvalue weighted by atomic mass is 10.1. The van der Waals surface area contributed by atoms with E-state index in [0.717, 1.165) is 25.1 Å². The SMILES string of the molecule is CCCCn1nnc(Cl)c1C(C)C. The van der Waals surface area contributed by atoms with Crippen LogP contribution in [0.1, 0.15) is 45.2 Å². The first-order valence-corrected chi connectivity index (χ1v) is 5.13. The molecule has 0 amide bonds. The van der Waals surface area contributed by atoms with E-state index in [-0.39, 0.29) is 0 Å². The van der Waals surface area contributed by atoms with Crippen molar-refractivity contribution in [2.75, 3.05) is 0 Å². The van der Waals surface area contributed by atoms with E-state index >= 15 is 0 Å². The molecule has 1 rings (SSSR count). The van der Waals surface area contributed by atoms with Crippen molar-refractivity contribution < 1.29 is 0 Å². The first kappa shape index (κ1) is 10.5. The molecule has 0 saturated carbocycles. The molecule has 0 spiro atoms. The van der Waals surface area contributed by atoms with E-state index in [0.29, 0.717) is 11.1 Å². The number of halogens is 1. The minimum absolute atomic E-state index is 0.388. The number of rotatable bonds is 4. The topological polar surface area (TPSA) is 30.7 Å². The summed E-state index contributed by atoms with van der Waals surface area (Å²) < 4.78 is 1.91. The van der Waals surface area contributed by atoms with Crippen LogP contribution in [0.15, 0.2) is 0 Å². The Bertz CT molecular complexity index is 268. The van der Waals surface area contributed by atoms with E-state index in [1.807, 2.05) is 4.68 Å². The predicted molar refractivity (Wildman–Crippen MR) is 54.0 cm³/mol. The van der Waals surface area contributed by atoms with Gasteiger partial charge in [-0.3, -0.25) is 0 Å².